The van der Waals surface area contributed by atoms with E-state index in [4.69, 9.17) is 14.5 Å². The molecule has 0 aromatic rings. The van der Waals surface area contributed by atoms with Crippen LogP contribution < -0.4 is 5.32 Å². The second-order valence-corrected chi connectivity index (χ2v) is 10.1. The van der Waals surface area contributed by atoms with Gasteiger partial charge in [0.05, 0.1) is 6.10 Å². The van der Waals surface area contributed by atoms with E-state index in [2.05, 4.69) is 10.2 Å². The normalized spacial score (nSPS) is 47.4. The van der Waals surface area contributed by atoms with Crippen LogP contribution in [0.5, 0.6) is 0 Å². The number of hydrogen-bond acceptors (Lipinski definition) is 5. The van der Waals surface area contributed by atoms with Crippen LogP contribution in [0.3, 0.4) is 0 Å². The molecule has 0 atom stereocenters. The first-order valence-corrected chi connectivity index (χ1v) is 11.6. The van der Waals surface area contributed by atoms with Gasteiger partial charge in [0.15, 0.2) is 0 Å². The standard InChI is InChI=1S/C22H38N2O3/c1-25-22(19-11-17-10-18(13-19)14-20(22)12-17)27-26-21-4-2-16(3-5-21)15-24-8-6-23-7-9-24/h16-21,23H,2-15H2,1H3/t16-,17?,18?,19?,20?,21+,22?. The highest BCUT2D eigenvalue weighted by atomic mass is 17.2. The van der Waals surface area contributed by atoms with Crippen molar-refractivity contribution in [1.82, 2.24) is 10.2 Å². The lowest BCUT2D eigenvalue weighted by Gasteiger charge is -2.58. The van der Waals surface area contributed by atoms with E-state index in [9.17, 15) is 0 Å². The highest BCUT2D eigenvalue weighted by Gasteiger charge is 2.60. The summed E-state index contributed by atoms with van der Waals surface area (Å²) >= 11 is 0. The molecular weight excluding hydrogens is 340 g/mol. The summed E-state index contributed by atoms with van der Waals surface area (Å²) in [6.07, 6.45) is 11.6. The summed E-state index contributed by atoms with van der Waals surface area (Å²) in [7, 11) is 1.84. The van der Waals surface area contributed by atoms with Crippen molar-refractivity contribution in [3.8, 4) is 0 Å². The number of rotatable bonds is 6. The molecule has 5 aliphatic carbocycles. The zero-order valence-electron chi connectivity index (χ0n) is 17.0. The summed E-state index contributed by atoms with van der Waals surface area (Å²) < 4.78 is 6.07. The van der Waals surface area contributed by atoms with E-state index in [0.717, 1.165) is 43.7 Å². The second-order valence-electron chi connectivity index (χ2n) is 10.1. The van der Waals surface area contributed by atoms with Crippen molar-refractivity contribution in [3.05, 3.63) is 0 Å². The molecule has 0 aromatic heterocycles. The molecule has 0 unspecified atom stereocenters. The van der Waals surface area contributed by atoms with Crippen LogP contribution in [0.4, 0.5) is 0 Å². The molecule has 0 spiro atoms. The van der Waals surface area contributed by atoms with Gasteiger partial charge in [-0.25, -0.2) is 9.78 Å². The molecule has 6 aliphatic rings. The zero-order valence-corrected chi connectivity index (χ0v) is 17.0. The lowest BCUT2D eigenvalue weighted by molar-refractivity contribution is -0.486. The molecule has 0 amide bonds. The molecule has 4 bridgehead atoms. The van der Waals surface area contributed by atoms with E-state index in [1.807, 2.05) is 7.11 Å². The number of methoxy groups -OCH3 is 1. The third kappa shape index (κ3) is 3.71. The van der Waals surface area contributed by atoms with Crippen molar-refractivity contribution in [2.75, 3.05) is 39.8 Å². The topological polar surface area (TPSA) is 43.0 Å². The Morgan fingerprint density at radius 3 is 2.11 bits per heavy atom. The zero-order chi connectivity index (χ0) is 18.3. The minimum absolute atomic E-state index is 0.258. The summed E-state index contributed by atoms with van der Waals surface area (Å²) in [6, 6.07) is 0. The number of nitrogens with one attached hydrogen (secondary N) is 1. The largest absolute Gasteiger partial charge is 0.350 e. The van der Waals surface area contributed by atoms with Crippen LogP contribution in [0.1, 0.15) is 57.8 Å². The Morgan fingerprint density at radius 2 is 1.52 bits per heavy atom. The third-order valence-corrected chi connectivity index (χ3v) is 8.43. The van der Waals surface area contributed by atoms with Crippen molar-refractivity contribution >= 4 is 0 Å². The Kier molecular flexibility index (Phi) is 5.51. The number of hydrogen-bond donors (Lipinski definition) is 1. The van der Waals surface area contributed by atoms with E-state index >= 15 is 0 Å². The molecule has 6 rings (SSSR count). The molecule has 0 aromatic carbocycles. The molecule has 27 heavy (non-hydrogen) atoms. The quantitative estimate of drug-likeness (QED) is 0.437. The van der Waals surface area contributed by atoms with E-state index in [-0.39, 0.29) is 6.10 Å². The maximum absolute atomic E-state index is 6.24. The summed E-state index contributed by atoms with van der Waals surface area (Å²) in [6.45, 7) is 5.98. The fraction of sp³-hybridized carbons (Fsp3) is 1.00. The molecule has 1 heterocycles. The van der Waals surface area contributed by atoms with Crippen LogP contribution >= 0.6 is 0 Å². The predicted octanol–water partition coefficient (Wildman–Crippen LogP) is 3.20. The Labute approximate surface area is 164 Å². The van der Waals surface area contributed by atoms with Gasteiger partial charge in [-0.3, -0.25) is 0 Å². The molecule has 6 fully saturated rings. The van der Waals surface area contributed by atoms with E-state index in [1.54, 1.807) is 0 Å². The van der Waals surface area contributed by atoms with Gasteiger partial charge < -0.3 is 15.0 Å². The predicted molar refractivity (Wildman–Crippen MR) is 104 cm³/mol. The van der Waals surface area contributed by atoms with Crippen molar-refractivity contribution in [1.29, 1.82) is 0 Å². The summed E-state index contributed by atoms with van der Waals surface area (Å²) in [5, 5.41) is 3.45. The van der Waals surface area contributed by atoms with E-state index in [1.165, 1.54) is 64.6 Å². The number of nitrogens with zero attached hydrogens (tertiary/aromatic N) is 1. The Hall–Kier alpha value is -0.200. The van der Waals surface area contributed by atoms with Gasteiger partial charge in [0, 0.05) is 51.7 Å². The van der Waals surface area contributed by atoms with Crippen molar-refractivity contribution < 1.29 is 14.5 Å². The molecule has 154 valence electrons. The average molecular weight is 379 g/mol. The van der Waals surface area contributed by atoms with Crippen LogP contribution in [-0.4, -0.2) is 56.6 Å². The minimum Gasteiger partial charge on any atom is -0.350 e. The first-order chi connectivity index (χ1) is 13.2. The third-order valence-electron chi connectivity index (χ3n) is 8.43. The Bertz CT molecular complexity index is 472. The minimum atomic E-state index is -0.453. The van der Waals surface area contributed by atoms with E-state index in [0.29, 0.717) is 11.8 Å². The van der Waals surface area contributed by atoms with Gasteiger partial charge in [0.1, 0.15) is 0 Å². The fourth-order valence-corrected chi connectivity index (χ4v) is 7.16. The number of piperazine rings is 1. The van der Waals surface area contributed by atoms with Crippen LogP contribution in [0.15, 0.2) is 0 Å². The van der Waals surface area contributed by atoms with Crippen molar-refractivity contribution in [3.63, 3.8) is 0 Å². The van der Waals surface area contributed by atoms with Gasteiger partial charge in [-0.15, -0.1) is 0 Å². The molecule has 1 aliphatic heterocycles. The highest BCUT2D eigenvalue weighted by Crippen LogP contribution is 2.60. The monoisotopic (exact) mass is 378 g/mol. The molecule has 1 saturated heterocycles. The second kappa shape index (κ2) is 7.91. The lowest BCUT2D eigenvalue weighted by atomic mass is 9.53. The highest BCUT2D eigenvalue weighted by molar-refractivity contribution is 5.03. The van der Waals surface area contributed by atoms with Gasteiger partial charge in [-0.1, -0.05) is 0 Å². The van der Waals surface area contributed by atoms with E-state index < -0.39 is 5.79 Å². The maximum Gasteiger partial charge on any atom is 0.207 e. The van der Waals surface area contributed by atoms with Gasteiger partial charge in [0.25, 0.3) is 0 Å². The Balaban J connectivity index is 1.11. The molecule has 5 nitrogen and oxygen atoms in total. The first-order valence-electron chi connectivity index (χ1n) is 11.6. The summed E-state index contributed by atoms with van der Waals surface area (Å²) in [5.74, 6) is 3.30. The van der Waals surface area contributed by atoms with Crippen LogP contribution in [-0.2, 0) is 14.5 Å². The van der Waals surface area contributed by atoms with Gasteiger partial charge in [-0.2, -0.15) is 0 Å². The molecule has 5 heteroatoms. The van der Waals surface area contributed by atoms with Crippen molar-refractivity contribution in [2.45, 2.75) is 69.7 Å². The molecule has 5 saturated carbocycles. The van der Waals surface area contributed by atoms with Crippen molar-refractivity contribution in [2.24, 2.45) is 29.6 Å². The first kappa shape index (κ1) is 18.8. The maximum atomic E-state index is 6.24. The van der Waals surface area contributed by atoms with Gasteiger partial charge >= 0.3 is 0 Å². The fourth-order valence-electron chi connectivity index (χ4n) is 7.16. The van der Waals surface area contributed by atoms with Crippen LogP contribution in [0.25, 0.3) is 0 Å². The number of ether oxygens (including phenoxy) is 1. The van der Waals surface area contributed by atoms with Crippen LogP contribution in [0.2, 0.25) is 0 Å². The lowest BCUT2D eigenvalue weighted by Crippen LogP contribution is -2.60. The Morgan fingerprint density at radius 1 is 0.889 bits per heavy atom. The average Bonchev–Trinajstić information content (AvgIpc) is 2.70. The smallest absolute Gasteiger partial charge is 0.207 e. The summed E-state index contributed by atoms with van der Waals surface area (Å²) in [4.78, 5) is 15.0. The molecule has 1 N–H and O–H groups in total. The van der Waals surface area contributed by atoms with Gasteiger partial charge in [0.2, 0.25) is 5.79 Å². The molecule has 0 radical (unpaired) electrons. The van der Waals surface area contributed by atoms with Gasteiger partial charge in [-0.05, 0) is 75.5 Å². The summed E-state index contributed by atoms with van der Waals surface area (Å²) in [5.41, 5.74) is 0. The molecular formula is C22H38N2O3. The van der Waals surface area contributed by atoms with Crippen LogP contribution in [0, 0.1) is 29.6 Å². The SMILES string of the molecule is COC1(OO[C@H]2CC[C@@H](CN3CCNCC3)CC2)C2CC3CC(C2)CC1C3.